The van der Waals surface area contributed by atoms with Crippen LogP contribution < -0.4 is 4.90 Å². The number of benzene rings is 1. The van der Waals surface area contributed by atoms with Crippen LogP contribution >= 0.6 is 0 Å². The second-order valence-corrected chi connectivity index (χ2v) is 6.34. The van der Waals surface area contributed by atoms with Gasteiger partial charge in [0.2, 0.25) is 0 Å². The van der Waals surface area contributed by atoms with Gasteiger partial charge in [0.25, 0.3) is 0 Å². The van der Waals surface area contributed by atoms with Crippen LogP contribution in [0.1, 0.15) is 57.1 Å². The minimum atomic E-state index is 0.0587. The number of hydrogen-bond donors (Lipinski definition) is 0. The fourth-order valence-corrected chi connectivity index (χ4v) is 2.68. The zero-order valence-corrected chi connectivity index (χ0v) is 12.5. The number of hydrogen-bond acceptors (Lipinski definition) is 2. The van der Waals surface area contributed by atoms with Crippen molar-refractivity contribution in [2.45, 2.75) is 46.0 Å². The molecule has 2 nitrogen and oxygen atoms in total. The SMILES string of the molecule is CC(C)CCN1CC(C=O)c2ccc(C(C)C)cc21. The van der Waals surface area contributed by atoms with Crippen LogP contribution in [-0.4, -0.2) is 19.4 Å². The molecule has 0 spiro atoms. The number of aldehydes is 1. The number of carbonyl (C=O) groups is 1. The molecule has 1 unspecified atom stereocenters. The number of rotatable bonds is 5. The van der Waals surface area contributed by atoms with E-state index in [1.165, 1.54) is 23.2 Å². The Morgan fingerprint density at radius 2 is 2.05 bits per heavy atom. The maximum Gasteiger partial charge on any atom is 0.129 e. The van der Waals surface area contributed by atoms with Crippen molar-refractivity contribution in [3.8, 4) is 0 Å². The number of fused-ring (bicyclic) bond motifs is 1. The van der Waals surface area contributed by atoms with E-state index in [0.29, 0.717) is 11.8 Å². The summed E-state index contributed by atoms with van der Waals surface area (Å²) in [5.74, 6) is 1.29. The van der Waals surface area contributed by atoms with E-state index in [-0.39, 0.29) is 5.92 Å². The first-order valence-electron chi connectivity index (χ1n) is 7.37. The second kappa shape index (κ2) is 5.77. The topological polar surface area (TPSA) is 20.3 Å². The monoisotopic (exact) mass is 259 g/mol. The zero-order chi connectivity index (χ0) is 14.0. The van der Waals surface area contributed by atoms with Crippen molar-refractivity contribution in [3.05, 3.63) is 29.3 Å². The van der Waals surface area contributed by atoms with Crippen molar-refractivity contribution in [2.75, 3.05) is 18.0 Å². The minimum Gasteiger partial charge on any atom is -0.370 e. The van der Waals surface area contributed by atoms with E-state index in [4.69, 9.17) is 0 Å². The van der Waals surface area contributed by atoms with Crippen LogP contribution in [0.3, 0.4) is 0 Å². The summed E-state index contributed by atoms with van der Waals surface area (Å²) in [5, 5.41) is 0. The van der Waals surface area contributed by atoms with Crippen molar-refractivity contribution >= 4 is 12.0 Å². The molecule has 1 aliphatic rings. The molecule has 1 aliphatic heterocycles. The Morgan fingerprint density at radius 3 is 2.63 bits per heavy atom. The van der Waals surface area contributed by atoms with Gasteiger partial charge >= 0.3 is 0 Å². The van der Waals surface area contributed by atoms with Crippen LogP contribution in [0.2, 0.25) is 0 Å². The van der Waals surface area contributed by atoms with E-state index in [2.05, 4.69) is 50.8 Å². The standard InChI is InChI=1S/C17H25NO/c1-12(2)7-8-18-10-15(11-19)16-6-5-14(13(3)4)9-17(16)18/h5-6,9,11-13,15H,7-8,10H2,1-4H3. The van der Waals surface area contributed by atoms with Gasteiger partial charge in [-0.3, -0.25) is 0 Å². The quantitative estimate of drug-likeness (QED) is 0.746. The Hall–Kier alpha value is -1.31. The molecule has 0 N–H and O–H groups in total. The highest BCUT2D eigenvalue weighted by molar-refractivity contribution is 5.75. The third-order valence-electron chi connectivity index (χ3n) is 4.02. The summed E-state index contributed by atoms with van der Waals surface area (Å²) >= 11 is 0. The van der Waals surface area contributed by atoms with Gasteiger partial charge in [0.15, 0.2) is 0 Å². The van der Waals surface area contributed by atoms with E-state index < -0.39 is 0 Å². The molecule has 104 valence electrons. The van der Waals surface area contributed by atoms with Crippen LogP contribution in [0, 0.1) is 5.92 Å². The first-order valence-corrected chi connectivity index (χ1v) is 7.37. The van der Waals surface area contributed by atoms with Gasteiger partial charge in [-0.2, -0.15) is 0 Å². The number of carbonyl (C=O) groups excluding carboxylic acids is 1. The molecule has 1 atom stereocenters. The van der Waals surface area contributed by atoms with Crippen molar-refractivity contribution in [1.29, 1.82) is 0 Å². The molecule has 1 aromatic carbocycles. The minimum absolute atomic E-state index is 0.0587. The summed E-state index contributed by atoms with van der Waals surface area (Å²) < 4.78 is 0. The Bertz CT molecular complexity index is 451. The van der Waals surface area contributed by atoms with Gasteiger partial charge in [-0.25, -0.2) is 0 Å². The highest BCUT2D eigenvalue weighted by Gasteiger charge is 2.28. The third-order valence-corrected chi connectivity index (χ3v) is 4.02. The molecule has 1 aromatic rings. The fraction of sp³-hybridized carbons (Fsp3) is 0.588. The average molecular weight is 259 g/mol. The van der Waals surface area contributed by atoms with Crippen LogP contribution in [0.15, 0.2) is 18.2 Å². The van der Waals surface area contributed by atoms with Crippen molar-refractivity contribution in [1.82, 2.24) is 0 Å². The molecule has 0 aliphatic carbocycles. The van der Waals surface area contributed by atoms with Crippen LogP contribution in [0.4, 0.5) is 5.69 Å². The molecule has 0 aromatic heterocycles. The summed E-state index contributed by atoms with van der Waals surface area (Å²) in [6, 6.07) is 6.61. The number of nitrogens with zero attached hydrogens (tertiary/aromatic N) is 1. The molecule has 19 heavy (non-hydrogen) atoms. The summed E-state index contributed by atoms with van der Waals surface area (Å²) in [5.41, 5.74) is 3.85. The Labute approximate surface area is 116 Å². The molecule has 2 heteroatoms. The maximum atomic E-state index is 11.2. The van der Waals surface area contributed by atoms with Crippen LogP contribution in [0.25, 0.3) is 0 Å². The molecule has 0 saturated carbocycles. The molecule has 1 heterocycles. The Balaban J connectivity index is 2.27. The van der Waals surface area contributed by atoms with Gasteiger partial charge in [0, 0.05) is 18.8 Å². The van der Waals surface area contributed by atoms with Gasteiger partial charge in [0.05, 0.1) is 5.92 Å². The molecule has 0 radical (unpaired) electrons. The second-order valence-electron chi connectivity index (χ2n) is 6.34. The van der Waals surface area contributed by atoms with Gasteiger partial charge in [-0.15, -0.1) is 0 Å². The largest absolute Gasteiger partial charge is 0.370 e. The highest BCUT2D eigenvalue weighted by Crippen LogP contribution is 2.37. The summed E-state index contributed by atoms with van der Waals surface area (Å²) in [6.07, 6.45) is 2.28. The Morgan fingerprint density at radius 1 is 1.32 bits per heavy atom. The average Bonchev–Trinajstić information content (AvgIpc) is 2.73. The van der Waals surface area contributed by atoms with Gasteiger partial charge in [0.1, 0.15) is 6.29 Å². The van der Waals surface area contributed by atoms with E-state index in [0.717, 1.165) is 19.4 Å². The lowest BCUT2D eigenvalue weighted by molar-refractivity contribution is -0.108. The van der Waals surface area contributed by atoms with Crippen molar-refractivity contribution < 1.29 is 4.79 Å². The predicted octanol–water partition coefficient (Wildman–Crippen LogP) is 3.96. The molecule has 0 saturated heterocycles. The summed E-state index contributed by atoms with van der Waals surface area (Å²) in [4.78, 5) is 13.6. The normalized spacial score (nSPS) is 18.2. The maximum absolute atomic E-state index is 11.2. The highest BCUT2D eigenvalue weighted by atomic mass is 16.1. The zero-order valence-electron chi connectivity index (χ0n) is 12.5. The molecule has 2 rings (SSSR count). The van der Waals surface area contributed by atoms with E-state index in [1.54, 1.807) is 0 Å². The Kier molecular flexibility index (Phi) is 4.28. The first-order chi connectivity index (χ1) is 9.02. The van der Waals surface area contributed by atoms with Crippen LogP contribution in [-0.2, 0) is 4.79 Å². The lowest BCUT2D eigenvalue weighted by Crippen LogP contribution is -2.24. The smallest absolute Gasteiger partial charge is 0.129 e. The van der Waals surface area contributed by atoms with Gasteiger partial charge in [-0.1, -0.05) is 39.8 Å². The molecule has 0 bridgehead atoms. The summed E-state index contributed by atoms with van der Waals surface area (Å²) in [7, 11) is 0. The number of anilines is 1. The van der Waals surface area contributed by atoms with Crippen molar-refractivity contribution in [3.63, 3.8) is 0 Å². The molecule has 0 fully saturated rings. The lowest BCUT2D eigenvalue weighted by Gasteiger charge is -2.21. The molecular weight excluding hydrogens is 234 g/mol. The predicted molar refractivity (Wildman–Crippen MR) is 81.0 cm³/mol. The van der Waals surface area contributed by atoms with Gasteiger partial charge < -0.3 is 9.69 Å². The fourth-order valence-electron chi connectivity index (χ4n) is 2.68. The van der Waals surface area contributed by atoms with Crippen LogP contribution in [0.5, 0.6) is 0 Å². The van der Waals surface area contributed by atoms with E-state index in [9.17, 15) is 4.79 Å². The lowest BCUT2D eigenvalue weighted by atomic mass is 9.97. The van der Waals surface area contributed by atoms with E-state index >= 15 is 0 Å². The molecule has 0 amide bonds. The summed E-state index contributed by atoms with van der Waals surface area (Å²) in [6.45, 7) is 10.8. The third kappa shape index (κ3) is 2.99. The molecular formula is C17H25NO. The van der Waals surface area contributed by atoms with E-state index in [1.807, 2.05) is 0 Å². The van der Waals surface area contributed by atoms with Gasteiger partial charge in [-0.05, 0) is 35.4 Å². The van der Waals surface area contributed by atoms with Crippen molar-refractivity contribution in [2.24, 2.45) is 5.92 Å². The first kappa shape index (κ1) is 14.1.